The molecule has 0 aromatic carbocycles. The van der Waals surface area contributed by atoms with Crippen molar-refractivity contribution in [3.8, 4) is 0 Å². The van der Waals surface area contributed by atoms with Gasteiger partial charge in [-0.05, 0) is 38.5 Å². The minimum absolute atomic E-state index is 0.187. The lowest BCUT2D eigenvalue weighted by Crippen LogP contribution is -2.29. The minimum Gasteiger partial charge on any atom is -0.462 e. The van der Waals surface area contributed by atoms with Crippen molar-refractivity contribution in [2.24, 2.45) is 0 Å². The molecule has 0 aromatic heterocycles. The number of hydrogen-bond acceptors (Lipinski definition) is 9. The molecular weight excluding hydrogens is 623 g/mol. The molecule has 0 saturated carbocycles. The average molecular weight is 693 g/mol. The third kappa shape index (κ3) is 33.0. The van der Waals surface area contributed by atoms with E-state index < -0.39 is 51.8 Å². The fraction of sp³-hybridized carbons (Fsp3) is 0.889. The third-order valence-electron chi connectivity index (χ3n) is 7.92. The van der Waals surface area contributed by atoms with Crippen molar-refractivity contribution in [1.29, 1.82) is 0 Å². The number of phosphoric ester groups is 1. The van der Waals surface area contributed by atoms with Crippen LogP contribution in [0.15, 0.2) is 12.2 Å². The lowest BCUT2D eigenvalue weighted by molar-refractivity contribution is -0.161. The van der Waals surface area contributed by atoms with Crippen molar-refractivity contribution in [3.05, 3.63) is 12.2 Å². The summed E-state index contributed by atoms with van der Waals surface area (Å²) in [5.41, 5.74) is 0. The Kier molecular flexibility index (Phi) is 32.3. The lowest BCUT2D eigenvalue weighted by atomic mass is 10.0. The van der Waals surface area contributed by atoms with Gasteiger partial charge in [-0.1, -0.05) is 129 Å². The molecule has 0 bridgehead atoms. The molecule has 1 unspecified atom stereocenters. The molecule has 0 amide bonds. The first kappa shape index (κ1) is 45.7. The second-order valence-corrected chi connectivity index (χ2v) is 14.1. The topological polar surface area (TPSA) is 149 Å². The molecule has 3 atom stereocenters. The quantitative estimate of drug-likeness (QED) is 0.0254. The van der Waals surface area contributed by atoms with Crippen LogP contribution in [0.1, 0.15) is 168 Å². The average Bonchev–Trinajstić information content (AvgIpc) is 3.05. The predicted octanol–water partition coefficient (Wildman–Crippen LogP) is 8.89. The van der Waals surface area contributed by atoms with Crippen LogP contribution in [0, 0.1) is 0 Å². The number of carbonyl (C=O) groups is 2. The smallest absolute Gasteiger partial charge is 0.462 e. The Bertz CT molecular complexity index is 807. The van der Waals surface area contributed by atoms with E-state index in [2.05, 4.69) is 30.5 Å². The van der Waals surface area contributed by atoms with Crippen LogP contribution in [0.25, 0.3) is 0 Å². The van der Waals surface area contributed by atoms with Crippen LogP contribution in [-0.2, 0) is 32.7 Å². The first-order valence-corrected chi connectivity index (χ1v) is 20.1. The van der Waals surface area contributed by atoms with E-state index >= 15 is 0 Å². The Balaban J connectivity index is 4.39. The Morgan fingerprint density at radius 1 is 0.617 bits per heavy atom. The van der Waals surface area contributed by atoms with Crippen molar-refractivity contribution in [2.45, 2.75) is 180 Å². The Morgan fingerprint density at radius 2 is 1.04 bits per heavy atom. The summed E-state index contributed by atoms with van der Waals surface area (Å²) in [4.78, 5) is 34.7. The summed E-state index contributed by atoms with van der Waals surface area (Å²) in [6.45, 7) is 2.33. The highest BCUT2D eigenvalue weighted by Gasteiger charge is 2.27. The van der Waals surface area contributed by atoms with Gasteiger partial charge < -0.3 is 24.6 Å². The summed E-state index contributed by atoms with van der Waals surface area (Å²) >= 11 is 0. The van der Waals surface area contributed by atoms with Gasteiger partial charge in [0.15, 0.2) is 6.10 Å². The molecule has 0 aliphatic heterocycles. The fourth-order valence-electron chi connectivity index (χ4n) is 4.99. The second-order valence-electron chi connectivity index (χ2n) is 12.6. The molecule has 10 nitrogen and oxygen atoms in total. The number of rotatable bonds is 35. The van der Waals surface area contributed by atoms with E-state index in [4.69, 9.17) is 19.1 Å². The van der Waals surface area contributed by atoms with Crippen LogP contribution in [-0.4, -0.2) is 65.7 Å². The maximum Gasteiger partial charge on any atom is 0.472 e. The van der Waals surface area contributed by atoms with Crippen LogP contribution in [0.5, 0.6) is 0 Å². The van der Waals surface area contributed by atoms with E-state index in [1.807, 2.05) is 0 Å². The number of ether oxygens (including phenoxy) is 2. The Hall–Kier alpha value is -1.29. The number of carbonyl (C=O) groups excluding carboxylic acids is 2. The molecule has 278 valence electrons. The number of aliphatic hydroxyl groups is 2. The number of aliphatic hydroxyl groups excluding tert-OH is 2. The first-order valence-electron chi connectivity index (χ1n) is 18.6. The normalized spacial score (nSPS) is 14.2. The maximum atomic E-state index is 12.5. The van der Waals surface area contributed by atoms with E-state index in [-0.39, 0.29) is 19.4 Å². The summed E-state index contributed by atoms with van der Waals surface area (Å²) in [6.07, 6.45) is 27.5. The van der Waals surface area contributed by atoms with Crippen LogP contribution in [0.4, 0.5) is 0 Å². The van der Waals surface area contributed by atoms with Gasteiger partial charge in [0.1, 0.15) is 12.7 Å². The minimum atomic E-state index is -4.60. The number of allylic oxidation sites excluding steroid dienone is 2. The van der Waals surface area contributed by atoms with Gasteiger partial charge in [-0.15, -0.1) is 0 Å². The van der Waals surface area contributed by atoms with Crippen molar-refractivity contribution in [3.63, 3.8) is 0 Å². The zero-order valence-corrected chi connectivity index (χ0v) is 30.6. The van der Waals surface area contributed by atoms with Crippen molar-refractivity contribution < 1.29 is 47.8 Å². The largest absolute Gasteiger partial charge is 0.472 e. The lowest BCUT2D eigenvalue weighted by Gasteiger charge is -2.20. The molecule has 0 aromatic rings. The van der Waals surface area contributed by atoms with Crippen molar-refractivity contribution in [2.75, 3.05) is 26.4 Å². The molecule has 0 heterocycles. The zero-order chi connectivity index (χ0) is 34.9. The van der Waals surface area contributed by atoms with Gasteiger partial charge >= 0.3 is 19.8 Å². The predicted molar refractivity (Wildman–Crippen MR) is 187 cm³/mol. The van der Waals surface area contributed by atoms with Gasteiger partial charge in [0.25, 0.3) is 0 Å². The molecule has 0 radical (unpaired) electrons. The molecule has 0 fully saturated rings. The van der Waals surface area contributed by atoms with Crippen molar-refractivity contribution in [1.82, 2.24) is 0 Å². The second kappa shape index (κ2) is 33.2. The van der Waals surface area contributed by atoms with Gasteiger partial charge in [-0.2, -0.15) is 0 Å². The van der Waals surface area contributed by atoms with E-state index in [0.717, 1.165) is 57.8 Å². The number of phosphoric acid groups is 1. The fourth-order valence-corrected chi connectivity index (χ4v) is 5.78. The van der Waals surface area contributed by atoms with Crippen molar-refractivity contribution >= 4 is 19.8 Å². The van der Waals surface area contributed by atoms with Crippen LogP contribution < -0.4 is 0 Å². The number of unbranched alkanes of at least 4 members (excludes halogenated alkanes) is 19. The maximum absolute atomic E-state index is 12.5. The van der Waals surface area contributed by atoms with Gasteiger partial charge in [0, 0.05) is 12.8 Å². The van der Waals surface area contributed by atoms with E-state index in [9.17, 15) is 24.2 Å². The highest BCUT2D eigenvalue weighted by Crippen LogP contribution is 2.43. The van der Waals surface area contributed by atoms with Crippen LogP contribution in [0.2, 0.25) is 0 Å². The summed E-state index contributed by atoms with van der Waals surface area (Å²) in [7, 11) is -4.60. The standard InChI is InChI=1S/C36H69O10P/c1-3-5-7-9-11-13-15-17-19-21-23-25-27-35(39)43-31-34(32-45-47(41,42)44-30-33(38)29-37)46-36(40)28-26-24-22-20-18-16-14-12-10-8-6-4-2/h11,13,33-34,37-38H,3-10,12,14-32H2,1-2H3,(H,41,42)/b13-11-/t33-,34+/m0/s1. The molecule has 0 aliphatic rings. The van der Waals surface area contributed by atoms with Crippen LogP contribution >= 0.6 is 7.82 Å². The Morgan fingerprint density at radius 3 is 1.57 bits per heavy atom. The summed E-state index contributed by atoms with van der Waals surface area (Å²) in [5.74, 6) is -0.932. The molecule has 0 aliphatic carbocycles. The summed E-state index contributed by atoms with van der Waals surface area (Å²) < 4.78 is 32.5. The number of esters is 2. The highest BCUT2D eigenvalue weighted by atomic mass is 31.2. The van der Waals surface area contributed by atoms with E-state index in [0.29, 0.717) is 12.8 Å². The van der Waals surface area contributed by atoms with Gasteiger partial charge in [-0.25, -0.2) is 4.57 Å². The van der Waals surface area contributed by atoms with Gasteiger partial charge in [0.2, 0.25) is 0 Å². The highest BCUT2D eigenvalue weighted by molar-refractivity contribution is 7.47. The van der Waals surface area contributed by atoms with Crippen LogP contribution in [0.3, 0.4) is 0 Å². The molecule has 0 rings (SSSR count). The molecule has 0 spiro atoms. The summed E-state index contributed by atoms with van der Waals surface area (Å²) in [5, 5.41) is 18.2. The third-order valence-corrected chi connectivity index (χ3v) is 8.87. The molecule has 0 saturated heterocycles. The monoisotopic (exact) mass is 692 g/mol. The van der Waals surface area contributed by atoms with E-state index in [1.165, 1.54) is 70.6 Å². The molecule has 11 heteroatoms. The van der Waals surface area contributed by atoms with Gasteiger partial charge in [-0.3, -0.25) is 18.6 Å². The zero-order valence-electron chi connectivity index (χ0n) is 29.8. The van der Waals surface area contributed by atoms with E-state index in [1.54, 1.807) is 0 Å². The SMILES string of the molecule is CCCCC/C=C\CCCCCCCC(=O)OC[C@H](COP(=O)(O)OC[C@@H](O)CO)OC(=O)CCCCCCCCCCCCCC. The molecular formula is C36H69O10P. The first-order chi connectivity index (χ1) is 22.7. The number of hydrogen-bond donors (Lipinski definition) is 3. The Labute approximate surface area is 286 Å². The van der Waals surface area contributed by atoms with Gasteiger partial charge in [0.05, 0.1) is 19.8 Å². The molecule has 47 heavy (non-hydrogen) atoms. The molecule has 3 N–H and O–H groups in total. The summed E-state index contributed by atoms with van der Waals surface area (Å²) in [6, 6.07) is 0.